The molecule has 20 heavy (non-hydrogen) atoms. The van der Waals surface area contributed by atoms with Crippen LogP contribution in [-0.2, 0) is 16.0 Å². The van der Waals surface area contributed by atoms with E-state index in [1.54, 1.807) is 7.11 Å². The molecule has 3 rings (SSSR count). The van der Waals surface area contributed by atoms with Gasteiger partial charge in [0.15, 0.2) is 0 Å². The van der Waals surface area contributed by atoms with Crippen LogP contribution in [0.4, 0.5) is 5.69 Å². The maximum absolute atomic E-state index is 5.93. The molecule has 0 saturated carbocycles. The Morgan fingerprint density at radius 2 is 2.00 bits per heavy atom. The average Bonchev–Trinajstić information content (AvgIpc) is 2.82. The lowest BCUT2D eigenvalue weighted by molar-refractivity contribution is 0.0304. The van der Waals surface area contributed by atoms with Crippen molar-refractivity contribution in [3.63, 3.8) is 0 Å². The first-order chi connectivity index (χ1) is 9.86. The van der Waals surface area contributed by atoms with Crippen molar-refractivity contribution in [2.45, 2.75) is 31.6 Å². The van der Waals surface area contributed by atoms with Crippen molar-refractivity contribution in [1.29, 1.82) is 0 Å². The van der Waals surface area contributed by atoms with E-state index >= 15 is 0 Å². The maximum Gasteiger partial charge on any atom is 0.0755 e. The van der Waals surface area contributed by atoms with Crippen molar-refractivity contribution in [3.8, 4) is 0 Å². The van der Waals surface area contributed by atoms with E-state index in [1.807, 2.05) is 0 Å². The summed E-state index contributed by atoms with van der Waals surface area (Å²) < 4.78 is 11.0. The summed E-state index contributed by atoms with van der Waals surface area (Å²) in [5, 5.41) is 3.44. The third kappa shape index (κ3) is 3.14. The average molecular weight is 276 g/mol. The van der Waals surface area contributed by atoms with Crippen LogP contribution >= 0.6 is 0 Å². The number of anilines is 1. The first-order valence-electron chi connectivity index (χ1n) is 7.55. The van der Waals surface area contributed by atoms with Crippen molar-refractivity contribution in [2.75, 3.05) is 38.3 Å². The molecule has 2 saturated heterocycles. The zero-order chi connectivity index (χ0) is 13.8. The molecular formula is C16H24N2O2. The molecule has 110 valence electrons. The number of nitrogens with one attached hydrogen (secondary N) is 1. The number of morpholine rings is 1. The minimum Gasteiger partial charge on any atom is -0.383 e. The molecule has 2 aliphatic heterocycles. The molecule has 0 amide bonds. The van der Waals surface area contributed by atoms with Gasteiger partial charge in [0.1, 0.15) is 0 Å². The summed E-state index contributed by atoms with van der Waals surface area (Å²) >= 11 is 0. The topological polar surface area (TPSA) is 33.7 Å². The molecule has 2 fully saturated rings. The van der Waals surface area contributed by atoms with Gasteiger partial charge in [-0.1, -0.05) is 18.2 Å². The highest BCUT2D eigenvalue weighted by atomic mass is 16.5. The van der Waals surface area contributed by atoms with Crippen LogP contribution in [0.1, 0.15) is 18.4 Å². The molecule has 4 heteroatoms. The van der Waals surface area contributed by atoms with Gasteiger partial charge in [0.05, 0.1) is 18.8 Å². The van der Waals surface area contributed by atoms with E-state index in [9.17, 15) is 0 Å². The summed E-state index contributed by atoms with van der Waals surface area (Å²) in [5.41, 5.74) is 2.72. The Labute approximate surface area is 121 Å². The number of fused-ring (bicyclic) bond motifs is 2. The molecule has 2 aliphatic rings. The van der Waals surface area contributed by atoms with Gasteiger partial charge in [-0.2, -0.15) is 0 Å². The van der Waals surface area contributed by atoms with Crippen molar-refractivity contribution in [3.05, 3.63) is 29.8 Å². The Balaban J connectivity index is 1.66. The number of ether oxygens (including phenoxy) is 2. The van der Waals surface area contributed by atoms with Crippen molar-refractivity contribution >= 4 is 5.69 Å². The smallest absolute Gasteiger partial charge is 0.0755 e. The van der Waals surface area contributed by atoms with Crippen molar-refractivity contribution in [2.24, 2.45) is 0 Å². The number of rotatable bonds is 6. The highest BCUT2D eigenvalue weighted by Gasteiger charge is 2.34. The number of hydrogen-bond acceptors (Lipinski definition) is 4. The van der Waals surface area contributed by atoms with Crippen LogP contribution in [0.5, 0.6) is 0 Å². The van der Waals surface area contributed by atoms with Crippen LogP contribution in [-0.4, -0.2) is 45.6 Å². The Bertz CT molecular complexity index is 426. The fourth-order valence-corrected chi connectivity index (χ4v) is 3.18. The van der Waals surface area contributed by atoms with E-state index in [1.165, 1.54) is 24.1 Å². The minimum atomic E-state index is 0.434. The molecule has 2 heterocycles. The third-order valence-electron chi connectivity index (χ3n) is 4.17. The van der Waals surface area contributed by atoms with E-state index in [2.05, 4.69) is 34.5 Å². The molecule has 4 nitrogen and oxygen atoms in total. The molecule has 0 spiro atoms. The van der Waals surface area contributed by atoms with Crippen LogP contribution in [0.2, 0.25) is 0 Å². The predicted molar refractivity (Wildman–Crippen MR) is 80.1 cm³/mol. The van der Waals surface area contributed by atoms with Gasteiger partial charge in [0.2, 0.25) is 0 Å². The van der Waals surface area contributed by atoms with Gasteiger partial charge in [-0.15, -0.1) is 0 Å². The standard InChI is InChI=1S/C16H24N2O2/c1-19-9-8-17-10-13-4-2-3-5-16(13)18-11-14-6-7-15(12-18)20-14/h2-5,14-15,17H,6-12H2,1H3. The molecule has 0 radical (unpaired) electrons. The lowest BCUT2D eigenvalue weighted by Crippen LogP contribution is -2.43. The number of hydrogen-bond donors (Lipinski definition) is 1. The minimum absolute atomic E-state index is 0.434. The number of benzene rings is 1. The maximum atomic E-state index is 5.93. The van der Waals surface area contributed by atoms with Gasteiger partial charge in [-0.25, -0.2) is 0 Å². The van der Waals surface area contributed by atoms with Gasteiger partial charge < -0.3 is 19.7 Å². The zero-order valence-electron chi connectivity index (χ0n) is 12.2. The van der Waals surface area contributed by atoms with E-state index in [-0.39, 0.29) is 0 Å². The summed E-state index contributed by atoms with van der Waals surface area (Å²) in [6, 6.07) is 8.70. The van der Waals surface area contributed by atoms with Crippen LogP contribution in [0, 0.1) is 0 Å². The second-order valence-corrected chi connectivity index (χ2v) is 5.66. The lowest BCUT2D eigenvalue weighted by atomic mass is 10.1. The summed E-state index contributed by atoms with van der Waals surface area (Å²) in [5.74, 6) is 0. The second kappa shape index (κ2) is 6.57. The van der Waals surface area contributed by atoms with Gasteiger partial charge in [-0.05, 0) is 24.5 Å². The molecule has 0 aromatic heterocycles. The number of nitrogens with zero attached hydrogens (tertiary/aromatic N) is 1. The quantitative estimate of drug-likeness (QED) is 0.803. The Morgan fingerprint density at radius 1 is 1.25 bits per heavy atom. The van der Waals surface area contributed by atoms with E-state index < -0.39 is 0 Å². The summed E-state index contributed by atoms with van der Waals surface area (Å²) in [6.45, 7) is 4.60. The Kier molecular flexibility index (Phi) is 4.55. The monoisotopic (exact) mass is 276 g/mol. The molecule has 1 aromatic carbocycles. The largest absolute Gasteiger partial charge is 0.383 e. The summed E-state index contributed by atoms with van der Waals surface area (Å²) in [6.07, 6.45) is 3.30. The first-order valence-corrected chi connectivity index (χ1v) is 7.55. The Morgan fingerprint density at radius 3 is 2.75 bits per heavy atom. The number of methoxy groups -OCH3 is 1. The molecular weight excluding hydrogens is 252 g/mol. The molecule has 1 aromatic rings. The Hall–Kier alpha value is -1.10. The van der Waals surface area contributed by atoms with Gasteiger partial charge in [0.25, 0.3) is 0 Å². The predicted octanol–water partition coefficient (Wildman–Crippen LogP) is 1.79. The zero-order valence-corrected chi connectivity index (χ0v) is 12.2. The highest BCUT2D eigenvalue weighted by Crippen LogP contribution is 2.31. The molecule has 2 atom stereocenters. The SMILES string of the molecule is COCCNCc1ccccc1N1CC2CCC(C1)O2. The van der Waals surface area contributed by atoms with Crippen molar-refractivity contribution in [1.82, 2.24) is 5.32 Å². The lowest BCUT2D eigenvalue weighted by Gasteiger charge is -2.35. The molecule has 1 N–H and O–H groups in total. The van der Waals surface area contributed by atoms with Crippen LogP contribution in [0.25, 0.3) is 0 Å². The van der Waals surface area contributed by atoms with Gasteiger partial charge in [0, 0.05) is 39.0 Å². The van der Waals surface area contributed by atoms with Gasteiger partial charge in [-0.3, -0.25) is 0 Å². The fourth-order valence-electron chi connectivity index (χ4n) is 3.18. The number of para-hydroxylation sites is 1. The van der Waals surface area contributed by atoms with Crippen molar-refractivity contribution < 1.29 is 9.47 Å². The van der Waals surface area contributed by atoms with Gasteiger partial charge >= 0.3 is 0 Å². The van der Waals surface area contributed by atoms with E-state index in [0.717, 1.165) is 32.8 Å². The fraction of sp³-hybridized carbons (Fsp3) is 0.625. The molecule has 2 bridgehead atoms. The normalized spacial score (nSPS) is 25.1. The second-order valence-electron chi connectivity index (χ2n) is 5.66. The van der Waals surface area contributed by atoms with Crippen LogP contribution in [0.3, 0.4) is 0 Å². The first kappa shape index (κ1) is 13.9. The van der Waals surface area contributed by atoms with Crippen LogP contribution < -0.4 is 10.2 Å². The summed E-state index contributed by atoms with van der Waals surface area (Å²) in [4.78, 5) is 2.50. The third-order valence-corrected chi connectivity index (χ3v) is 4.17. The molecule has 2 unspecified atom stereocenters. The van der Waals surface area contributed by atoms with Crippen LogP contribution in [0.15, 0.2) is 24.3 Å². The highest BCUT2D eigenvalue weighted by molar-refractivity contribution is 5.54. The molecule has 0 aliphatic carbocycles. The van der Waals surface area contributed by atoms with E-state index in [4.69, 9.17) is 9.47 Å². The summed E-state index contributed by atoms with van der Waals surface area (Å²) in [7, 11) is 1.74. The van der Waals surface area contributed by atoms with E-state index in [0.29, 0.717) is 12.2 Å².